The fraction of sp³-hybridized carbons (Fsp3) is 0.517. The number of carbonyl (C=O) groups excluding carboxylic acids is 4. The van der Waals surface area contributed by atoms with E-state index in [1.807, 2.05) is 19.6 Å². The predicted molar refractivity (Wildman–Crippen MR) is 266 cm³/mol. The number of amides is 4. The maximum Gasteiger partial charge on any atom is 0.227 e. The molecular formula is C58H68N4O4. The number of hydrogen-bond acceptors (Lipinski definition) is 4. The van der Waals surface area contributed by atoms with Gasteiger partial charge >= 0.3 is 0 Å². The summed E-state index contributed by atoms with van der Waals surface area (Å²) in [6, 6.07) is 25.3. The Bertz CT molecular complexity index is 2400. The summed E-state index contributed by atoms with van der Waals surface area (Å²) in [5.74, 6) is 2.69. The Balaban J connectivity index is 1.26. The molecule has 12 rings (SSSR count). The third-order valence-corrected chi connectivity index (χ3v) is 16.7. The average Bonchev–Trinajstić information content (AvgIpc) is 4.10. The van der Waals surface area contributed by atoms with E-state index < -0.39 is 0 Å². The molecule has 4 aliphatic carbocycles. The van der Waals surface area contributed by atoms with Crippen molar-refractivity contribution in [3.63, 3.8) is 0 Å². The molecule has 8 nitrogen and oxygen atoms in total. The lowest BCUT2D eigenvalue weighted by Crippen LogP contribution is -2.48. The first-order valence-corrected chi connectivity index (χ1v) is 25.4. The van der Waals surface area contributed by atoms with Crippen LogP contribution in [0.4, 0.5) is 22.7 Å². The fourth-order valence-corrected chi connectivity index (χ4v) is 13.6. The van der Waals surface area contributed by atoms with Gasteiger partial charge in [0.1, 0.15) is 0 Å². The number of carbonyl (C=O) groups is 4. The van der Waals surface area contributed by atoms with Crippen molar-refractivity contribution in [2.75, 3.05) is 45.8 Å². The summed E-state index contributed by atoms with van der Waals surface area (Å²) in [4.78, 5) is 62.3. The standard InChI is InChI=1S/C58H68N4O4/c1-56(2,3)42-22-41(23-43(28-42)57(4,5)6)55-49(39-24-45(59-15-7-11-51(59)63)31-46(25-39)60-16-8-12-52(60)64)29-44(58-33-36-19-37(34-58)21-38(20-36)35-58)30-50(55)40-26-47(61-17-9-13-53(61)65)32-48(27-40)62-18-10-14-54(62)66/h22-32,36-38H,7-21,33-35H2,1-6H3. The van der Waals surface area contributed by atoms with Gasteiger partial charge in [-0.15, -0.1) is 0 Å². The Kier molecular flexibility index (Phi) is 10.5. The van der Waals surface area contributed by atoms with Crippen LogP contribution in [0.3, 0.4) is 0 Å². The minimum absolute atomic E-state index is 0.0349. The molecule has 4 heterocycles. The lowest BCUT2D eigenvalue weighted by atomic mass is 9.48. The van der Waals surface area contributed by atoms with Gasteiger partial charge in [-0.05, 0) is 197 Å². The Morgan fingerprint density at radius 2 is 0.758 bits per heavy atom. The van der Waals surface area contributed by atoms with Crippen LogP contribution in [0.15, 0.2) is 66.7 Å². The molecule has 4 aromatic rings. The molecule has 4 saturated heterocycles. The van der Waals surface area contributed by atoms with Crippen LogP contribution in [0.1, 0.15) is 148 Å². The first kappa shape index (κ1) is 43.3. The van der Waals surface area contributed by atoms with Crippen molar-refractivity contribution in [2.24, 2.45) is 17.8 Å². The van der Waals surface area contributed by atoms with Crippen LogP contribution in [-0.2, 0) is 35.4 Å². The van der Waals surface area contributed by atoms with Crippen molar-refractivity contribution in [3.05, 3.63) is 83.4 Å². The van der Waals surface area contributed by atoms with Gasteiger partial charge in [0.2, 0.25) is 23.6 Å². The Morgan fingerprint density at radius 1 is 0.424 bits per heavy atom. The summed E-state index contributed by atoms with van der Waals surface area (Å²) in [7, 11) is 0. The minimum Gasteiger partial charge on any atom is -0.312 e. The second kappa shape index (κ2) is 15.9. The van der Waals surface area contributed by atoms with Crippen molar-refractivity contribution < 1.29 is 19.2 Å². The first-order valence-electron chi connectivity index (χ1n) is 25.4. The van der Waals surface area contributed by atoms with E-state index in [9.17, 15) is 19.2 Å². The molecule has 4 saturated carbocycles. The fourth-order valence-electron chi connectivity index (χ4n) is 13.6. The highest BCUT2D eigenvalue weighted by Gasteiger charge is 2.52. The van der Waals surface area contributed by atoms with Crippen LogP contribution >= 0.6 is 0 Å². The van der Waals surface area contributed by atoms with E-state index in [1.165, 1.54) is 55.2 Å². The number of anilines is 4. The first-order chi connectivity index (χ1) is 31.5. The molecule has 0 unspecified atom stereocenters. The van der Waals surface area contributed by atoms with Crippen LogP contribution in [0.25, 0.3) is 33.4 Å². The van der Waals surface area contributed by atoms with Crippen molar-refractivity contribution in [1.29, 1.82) is 0 Å². The van der Waals surface area contributed by atoms with E-state index in [-0.39, 0.29) is 39.9 Å². The van der Waals surface area contributed by atoms with Crippen LogP contribution in [-0.4, -0.2) is 49.8 Å². The number of benzene rings is 4. The highest BCUT2D eigenvalue weighted by molar-refractivity contribution is 6.04. The quantitative estimate of drug-likeness (QED) is 0.176. The SMILES string of the molecule is CC(C)(C)c1cc(-c2c(-c3cc(N4CCCC4=O)cc(N4CCCC4=O)c3)cc(C34CC5CC(CC(C5)C3)C4)cc2-c2cc(N3CCCC3=O)cc(N3CCCC3=O)c2)cc(C(C)(C)C)c1. The minimum atomic E-state index is -0.145. The van der Waals surface area contributed by atoms with Crippen molar-refractivity contribution in [3.8, 4) is 33.4 Å². The monoisotopic (exact) mass is 885 g/mol. The molecule has 0 aromatic heterocycles. The smallest absolute Gasteiger partial charge is 0.227 e. The van der Waals surface area contributed by atoms with Gasteiger partial charge in [-0.1, -0.05) is 59.7 Å². The Hall–Kier alpha value is -5.24. The molecule has 4 aromatic carbocycles. The second-order valence-electron chi connectivity index (χ2n) is 23.5. The van der Waals surface area contributed by atoms with Gasteiger partial charge in [0.25, 0.3) is 0 Å². The maximum absolute atomic E-state index is 13.6. The third kappa shape index (κ3) is 7.68. The zero-order chi connectivity index (χ0) is 45.9. The highest BCUT2D eigenvalue weighted by Crippen LogP contribution is 2.62. The lowest BCUT2D eigenvalue weighted by molar-refractivity contribution is -0.117. The zero-order valence-electron chi connectivity index (χ0n) is 40.2. The van der Waals surface area contributed by atoms with E-state index in [1.54, 1.807) is 0 Å². The lowest BCUT2D eigenvalue weighted by Gasteiger charge is -2.57. The van der Waals surface area contributed by atoms with Gasteiger partial charge in [0, 0.05) is 74.6 Å². The summed E-state index contributed by atoms with van der Waals surface area (Å²) < 4.78 is 0. The van der Waals surface area contributed by atoms with Gasteiger partial charge in [-0.25, -0.2) is 0 Å². The van der Waals surface area contributed by atoms with Crippen molar-refractivity contribution >= 4 is 46.4 Å². The van der Waals surface area contributed by atoms with Crippen LogP contribution in [0, 0.1) is 17.8 Å². The summed E-state index contributed by atoms with van der Waals surface area (Å²) in [6.45, 7) is 16.4. The van der Waals surface area contributed by atoms with Gasteiger partial charge in [-0.3, -0.25) is 19.2 Å². The van der Waals surface area contributed by atoms with Gasteiger partial charge < -0.3 is 19.6 Å². The molecular weight excluding hydrogens is 817 g/mol. The second-order valence-corrected chi connectivity index (χ2v) is 23.5. The third-order valence-electron chi connectivity index (χ3n) is 16.7. The molecule has 4 bridgehead atoms. The Labute approximate surface area is 392 Å². The van der Waals surface area contributed by atoms with E-state index >= 15 is 0 Å². The summed E-state index contributed by atoms with van der Waals surface area (Å²) in [5, 5.41) is 0. The van der Waals surface area contributed by atoms with Gasteiger partial charge in [-0.2, -0.15) is 0 Å². The normalized spacial score (nSPS) is 25.5. The molecule has 8 aliphatic rings. The molecule has 4 amide bonds. The molecule has 344 valence electrons. The number of nitrogens with zero attached hydrogens (tertiary/aromatic N) is 4. The van der Waals surface area contributed by atoms with E-state index in [2.05, 4.69) is 108 Å². The molecule has 0 radical (unpaired) electrons. The van der Waals surface area contributed by atoms with E-state index in [0.717, 1.165) is 99.6 Å². The van der Waals surface area contributed by atoms with Crippen molar-refractivity contribution in [2.45, 2.75) is 148 Å². The van der Waals surface area contributed by atoms with Gasteiger partial charge in [0.05, 0.1) is 0 Å². The van der Waals surface area contributed by atoms with Crippen molar-refractivity contribution in [1.82, 2.24) is 0 Å². The molecule has 0 atom stereocenters. The molecule has 66 heavy (non-hydrogen) atoms. The zero-order valence-corrected chi connectivity index (χ0v) is 40.2. The van der Waals surface area contributed by atoms with E-state index in [0.29, 0.717) is 51.9 Å². The number of rotatable bonds is 8. The maximum atomic E-state index is 13.6. The van der Waals surface area contributed by atoms with Gasteiger partial charge in [0.15, 0.2) is 0 Å². The summed E-state index contributed by atoms with van der Waals surface area (Å²) >= 11 is 0. The van der Waals surface area contributed by atoms with Crippen LogP contribution < -0.4 is 19.6 Å². The van der Waals surface area contributed by atoms with Crippen LogP contribution in [0.5, 0.6) is 0 Å². The van der Waals surface area contributed by atoms with Crippen LogP contribution in [0.2, 0.25) is 0 Å². The molecule has 8 fully saturated rings. The largest absolute Gasteiger partial charge is 0.312 e. The Morgan fingerprint density at radius 3 is 1.05 bits per heavy atom. The molecule has 4 aliphatic heterocycles. The van der Waals surface area contributed by atoms with E-state index in [4.69, 9.17) is 0 Å². The molecule has 8 heteroatoms. The highest BCUT2D eigenvalue weighted by atomic mass is 16.2. The predicted octanol–water partition coefficient (Wildman–Crippen LogP) is 12.3. The molecule has 0 N–H and O–H groups in total. The average molecular weight is 885 g/mol. The topological polar surface area (TPSA) is 81.2 Å². The molecule has 0 spiro atoms. The number of hydrogen-bond donors (Lipinski definition) is 0. The summed E-state index contributed by atoms with van der Waals surface area (Å²) in [5.41, 5.74) is 13.5. The summed E-state index contributed by atoms with van der Waals surface area (Å²) in [6.07, 6.45) is 12.9.